The molecule has 0 amide bonds. The second-order valence-corrected chi connectivity index (χ2v) is 14.3. The van der Waals surface area contributed by atoms with Crippen molar-refractivity contribution >= 4 is 8.07 Å². The van der Waals surface area contributed by atoms with Crippen LogP contribution < -0.4 is 0 Å². The van der Waals surface area contributed by atoms with Crippen molar-refractivity contribution in [3.8, 4) is 0 Å². The normalized spacial score (nSPS) is 45.0. The largest absolute Gasteiger partial charge is 0.0808 e. The Balaban J connectivity index is 1.63. The molecule has 0 aromatic heterocycles. The van der Waals surface area contributed by atoms with Gasteiger partial charge in [0.25, 0.3) is 0 Å². The van der Waals surface area contributed by atoms with E-state index < -0.39 is 8.07 Å². The van der Waals surface area contributed by atoms with Gasteiger partial charge in [-0.25, -0.2) is 0 Å². The summed E-state index contributed by atoms with van der Waals surface area (Å²) in [6, 6.07) is 0. The standard InChI is InChI=1S/C22H32Si/c1-15-8-7-11-19-20(15)14-16(2)22(19)23(3,4)21-13-12-17-9-5-6-10-18(17)21/h5-11,16-22H,12-14H2,1-4H3. The van der Waals surface area contributed by atoms with E-state index in [9.17, 15) is 0 Å². The van der Waals surface area contributed by atoms with Crippen LogP contribution in [-0.4, -0.2) is 8.07 Å². The summed E-state index contributed by atoms with van der Waals surface area (Å²) in [7, 11) is -1.31. The quantitative estimate of drug-likeness (QED) is 0.517. The molecule has 0 bridgehead atoms. The van der Waals surface area contributed by atoms with Gasteiger partial charge in [0.05, 0.1) is 8.07 Å². The lowest BCUT2D eigenvalue weighted by molar-refractivity contribution is 0.498. The van der Waals surface area contributed by atoms with E-state index in [4.69, 9.17) is 0 Å². The van der Waals surface area contributed by atoms with Gasteiger partial charge in [0.1, 0.15) is 0 Å². The zero-order valence-electron chi connectivity index (χ0n) is 15.2. The van der Waals surface area contributed by atoms with Crippen LogP contribution in [0.1, 0.15) is 33.1 Å². The highest BCUT2D eigenvalue weighted by Gasteiger charge is 2.54. The number of allylic oxidation sites excluding steroid dienone is 8. The summed E-state index contributed by atoms with van der Waals surface area (Å²) in [5.41, 5.74) is 3.59. The van der Waals surface area contributed by atoms with Gasteiger partial charge in [-0.3, -0.25) is 0 Å². The molecular weight excluding hydrogens is 292 g/mol. The second-order valence-electron chi connectivity index (χ2n) is 9.23. The van der Waals surface area contributed by atoms with Crippen molar-refractivity contribution in [1.29, 1.82) is 0 Å². The van der Waals surface area contributed by atoms with Crippen molar-refractivity contribution < 1.29 is 0 Å². The Morgan fingerprint density at radius 1 is 0.957 bits per heavy atom. The molecule has 0 N–H and O–H groups in total. The van der Waals surface area contributed by atoms with Gasteiger partial charge in [-0.15, -0.1) is 0 Å². The molecule has 0 aromatic carbocycles. The average Bonchev–Trinajstić information content (AvgIpc) is 3.09. The third kappa shape index (κ3) is 2.38. The molecule has 2 fully saturated rings. The van der Waals surface area contributed by atoms with Gasteiger partial charge in [-0.1, -0.05) is 74.5 Å². The van der Waals surface area contributed by atoms with Crippen molar-refractivity contribution in [3.05, 3.63) is 48.1 Å². The average molecular weight is 325 g/mol. The Labute approximate surface area is 143 Å². The van der Waals surface area contributed by atoms with Crippen LogP contribution in [0, 0.1) is 29.6 Å². The van der Waals surface area contributed by atoms with Crippen molar-refractivity contribution in [2.75, 3.05) is 0 Å². The van der Waals surface area contributed by atoms with Crippen LogP contribution in [0.15, 0.2) is 48.1 Å². The highest BCUT2D eigenvalue weighted by Crippen LogP contribution is 2.61. The summed E-state index contributed by atoms with van der Waals surface area (Å²) in [4.78, 5) is 0. The van der Waals surface area contributed by atoms with Crippen LogP contribution in [-0.2, 0) is 0 Å². The minimum atomic E-state index is -1.31. The van der Waals surface area contributed by atoms with Crippen LogP contribution in [0.5, 0.6) is 0 Å². The molecule has 7 unspecified atom stereocenters. The van der Waals surface area contributed by atoms with E-state index in [0.717, 1.165) is 40.7 Å². The fraction of sp³-hybridized carbons (Fsp3) is 0.636. The zero-order chi connectivity index (χ0) is 16.2. The van der Waals surface area contributed by atoms with E-state index in [1.807, 2.05) is 0 Å². The molecule has 0 heterocycles. The highest BCUT2D eigenvalue weighted by molar-refractivity contribution is 6.80. The van der Waals surface area contributed by atoms with E-state index in [-0.39, 0.29) is 0 Å². The molecule has 0 spiro atoms. The SMILES string of the molecule is CC1=CC=CC2C1CC(C)C2[Si](C)(C)C1CCC2C=CC=CC21. The summed E-state index contributed by atoms with van der Waals surface area (Å²) in [5.74, 6) is 4.26. The monoisotopic (exact) mass is 324 g/mol. The lowest BCUT2D eigenvalue weighted by Gasteiger charge is -2.44. The third-order valence-electron chi connectivity index (χ3n) is 7.78. The Morgan fingerprint density at radius 2 is 1.70 bits per heavy atom. The van der Waals surface area contributed by atoms with Crippen LogP contribution in [0.4, 0.5) is 0 Å². The second kappa shape index (κ2) is 5.62. The molecule has 4 aliphatic rings. The zero-order valence-corrected chi connectivity index (χ0v) is 16.2. The molecule has 2 saturated carbocycles. The molecule has 1 heteroatoms. The van der Waals surface area contributed by atoms with E-state index in [0.29, 0.717) is 0 Å². The number of hydrogen-bond acceptors (Lipinski definition) is 0. The van der Waals surface area contributed by atoms with Crippen LogP contribution >= 0.6 is 0 Å². The maximum Gasteiger partial charge on any atom is 0.0550 e. The van der Waals surface area contributed by atoms with Gasteiger partial charge in [-0.2, -0.15) is 0 Å². The molecule has 0 aromatic rings. The number of fused-ring (bicyclic) bond motifs is 2. The van der Waals surface area contributed by atoms with Gasteiger partial charge >= 0.3 is 0 Å². The lowest BCUT2D eigenvalue weighted by Crippen LogP contribution is -2.44. The van der Waals surface area contributed by atoms with Gasteiger partial charge in [0.15, 0.2) is 0 Å². The first-order valence-corrected chi connectivity index (χ1v) is 12.9. The van der Waals surface area contributed by atoms with Gasteiger partial charge in [0.2, 0.25) is 0 Å². The van der Waals surface area contributed by atoms with Crippen LogP contribution in [0.2, 0.25) is 24.2 Å². The maximum atomic E-state index is 2.73. The molecular formula is C22H32Si. The predicted molar refractivity (Wildman–Crippen MR) is 103 cm³/mol. The number of hydrogen-bond donors (Lipinski definition) is 0. The van der Waals surface area contributed by atoms with Crippen LogP contribution in [0.25, 0.3) is 0 Å². The van der Waals surface area contributed by atoms with Crippen molar-refractivity contribution in [2.24, 2.45) is 29.6 Å². The third-order valence-corrected chi connectivity index (χ3v) is 13.0. The molecule has 4 aliphatic carbocycles. The molecule has 4 rings (SSSR count). The lowest BCUT2D eigenvalue weighted by atomic mass is 9.85. The fourth-order valence-corrected chi connectivity index (χ4v) is 12.5. The highest BCUT2D eigenvalue weighted by atomic mass is 28.3. The number of rotatable bonds is 2. The summed E-state index contributed by atoms with van der Waals surface area (Å²) < 4.78 is 0. The molecule has 7 atom stereocenters. The fourth-order valence-electron chi connectivity index (χ4n) is 6.84. The maximum absolute atomic E-state index is 2.73. The van der Waals surface area contributed by atoms with Gasteiger partial charge in [-0.05, 0) is 60.4 Å². The van der Waals surface area contributed by atoms with Crippen LogP contribution in [0.3, 0.4) is 0 Å². The van der Waals surface area contributed by atoms with Gasteiger partial charge < -0.3 is 0 Å². The predicted octanol–water partition coefficient (Wildman–Crippen LogP) is 6.38. The minimum Gasteiger partial charge on any atom is -0.0808 e. The Kier molecular flexibility index (Phi) is 3.83. The first-order chi connectivity index (χ1) is 11.0. The Morgan fingerprint density at radius 3 is 2.52 bits per heavy atom. The Bertz CT molecular complexity index is 591. The summed E-state index contributed by atoms with van der Waals surface area (Å²) in [6.07, 6.45) is 21.3. The van der Waals surface area contributed by atoms with E-state index in [1.54, 1.807) is 5.57 Å². The molecule has 0 aliphatic heterocycles. The Hall–Kier alpha value is -0.823. The van der Waals surface area contributed by atoms with Crippen molar-refractivity contribution in [1.82, 2.24) is 0 Å². The van der Waals surface area contributed by atoms with E-state index >= 15 is 0 Å². The molecule has 0 nitrogen and oxygen atoms in total. The topological polar surface area (TPSA) is 0 Å². The molecule has 0 saturated heterocycles. The van der Waals surface area contributed by atoms with Crippen molar-refractivity contribution in [2.45, 2.75) is 57.3 Å². The smallest absolute Gasteiger partial charge is 0.0550 e. The van der Waals surface area contributed by atoms with Gasteiger partial charge in [0, 0.05) is 0 Å². The summed E-state index contributed by atoms with van der Waals surface area (Å²) >= 11 is 0. The molecule has 124 valence electrons. The van der Waals surface area contributed by atoms with E-state index in [1.165, 1.54) is 19.3 Å². The minimum absolute atomic E-state index is 0.832. The summed E-state index contributed by atoms with van der Waals surface area (Å²) in [5, 5.41) is 0. The first kappa shape index (κ1) is 15.7. The molecule has 0 radical (unpaired) electrons. The first-order valence-electron chi connectivity index (χ1n) is 9.70. The summed E-state index contributed by atoms with van der Waals surface area (Å²) in [6.45, 7) is 10.4. The van der Waals surface area contributed by atoms with Crippen molar-refractivity contribution in [3.63, 3.8) is 0 Å². The van der Waals surface area contributed by atoms with E-state index in [2.05, 4.69) is 69.5 Å². The molecule has 23 heavy (non-hydrogen) atoms.